The van der Waals surface area contributed by atoms with Crippen molar-refractivity contribution in [3.63, 3.8) is 0 Å². The Hall–Kier alpha value is -2.86. The lowest BCUT2D eigenvalue weighted by Crippen LogP contribution is -2.27. The zero-order valence-corrected chi connectivity index (χ0v) is 14.2. The van der Waals surface area contributed by atoms with Crippen molar-refractivity contribution in [3.05, 3.63) is 65.7 Å². The number of nitrogens with one attached hydrogen (secondary N) is 1. The molecule has 142 valence electrons. The lowest BCUT2D eigenvalue weighted by Gasteiger charge is -2.13. The number of halogens is 4. The van der Waals surface area contributed by atoms with E-state index in [0.717, 1.165) is 22.9 Å². The van der Waals surface area contributed by atoms with E-state index in [9.17, 15) is 26.0 Å². The van der Waals surface area contributed by atoms with Crippen molar-refractivity contribution in [2.75, 3.05) is 0 Å². The van der Waals surface area contributed by atoms with Gasteiger partial charge in [-0.05, 0) is 40.8 Å². The Labute approximate surface area is 150 Å². The van der Waals surface area contributed by atoms with Crippen molar-refractivity contribution in [1.82, 2.24) is 24.9 Å². The van der Waals surface area contributed by atoms with E-state index in [2.05, 4.69) is 15.5 Å². The third-order valence-electron chi connectivity index (χ3n) is 3.49. The third-order valence-corrected chi connectivity index (χ3v) is 4.95. The minimum atomic E-state index is -4.84. The molecule has 3 rings (SSSR count). The quantitative estimate of drug-likeness (QED) is 0.663. The first kappa shape index (κ1) is 18.9. The molecule has 2 aromatic carbocycles. The van der Waals surface area contributed by atoms with E-state index in [4.69, 9.17) is 0 Å². The Kier molecular flexibility index (Phi) is 4.93. The standard InChI is InChI=1S/C15H11F4N5O2S/c16-10-4-3-5-11(8-10)24-14(21-22-23-24)9-20-27(25,26)13-7-2-1-6-12(13)15(17,18)19/h1-8,20H,9H2. The van der Waals surface area contributed by atoms with Crippen LogP contribution in [0.5, 0.6) is 0 Å². The molecule has 0 saturated carbocycles. The number of tetrazole rings is 1. The highest BCUT2D eigenvalue weighted by atomic mass is 32.2. The van der Waals surface area contributed by atoms with Gasteiger partial charge in [0.15, 0.2) is 5.82 Å². The molecule has 0 saturated heterocycles. The summed E-state index contributed by atoms with van der Waals surface area (Å²) in [5, 5.41) is 10.6. The molecule has 1 aromatic heterocycles. The Morgan fingerprint density at radius 2 is 1.81 bits per heavy atom. The first-order valence-electron chi connectivity index (χ1n) is 7.37. The maximum atomic E-state index is 13.3. The average molecular weight is 401 g/mol. The molecule has 0 bridgehead atoms. The van der Waals surface area contributed by atoms with Gasteiger partial charge in [0.25, 0.3) is 0 Å². The third kappa shape index (κ3) is 4.11. The molecule has 0 aliphatic heterocycles. The van der Waals surface area contributed by atoms with Crippen LogP contribution in [-0.4, -0.2) is 28.6 Å². The van der Waals surface area contributed by atoms with Gasteiger partial charge in [-0.1, -0.05) is 18.2 Å². The molecule has 0 atom stereocenters. The molecule has 7 nitrogen and oxygen atoms in total. The average Bonchev–Trinajstić information content (AvgIpc) is 3.08. The summed E-state index contributed by atoms with van der Waals surface area (Å²) in [7, 11) is -4.51. The lowest BCUT2D eigenvalue weighted by atomic mass is 10.2. The van der Waals surface area contributed by atoms with E-state index in [-0.39, 0.29) is 11.5 Å². The van der Waals surface area contributed by atoms with Crippen LogP contribution in [0, 0.1) is 5.82 Å². The second-order valence-electron chi connectivity index (χ2n) is 5.31. The highest BCUT2D eigenvalue weighted by molar-refractivity contribution is 7.89. The number of benzene rings is 2. The highest BCUT2D eigenvalue weighted by Gasteiger charge is 2.36. The molecule has 0 fully saturated rings. The molecular formula is C15H11F4N5O2S. The summed E-state index contributed by atoms with van der Waals surface area (Å²) in [6.45, 7) is -0.502. The predicted octanol–water partition coefficient (Wildman–Crippen LogP) is 2.30. The molecule has 0 unspecified atom stereocenters. The summed E-state index contributed by atoms with van der Waals surface area (Å²) in [6.07, 6.45) is -4.84. The molecule has 3 aromatic rings. The lowest BCUT2D eigenvalue weighted by molar-refractivity contribution is -0.139. The van der Waals surface area contributed by atoms with E-state index < -0.39 is 39.0 Å². The highest BCUT2D eigenvalue weighted by Crippen LogP contribution is 2.33. The van der Waals surface area contributed by atoms with Crippen LogP contribution in [0.25, 0.3) is 5.69 Å². The first-order chi connectivity index (χ1) is 12.7. The van der Waals surface area contributed by atoms with Gasteiger partial charge in [0, 0.05) is 0 Å². The zero-order chi connectivity index (χ0) is 19.7. The van der Waals surface area contributed by atoms with E-state index in [1.165, 1.54) is 24.3 Å². The summed E-state index contributed by atoms with van der Waals surface area (Å²) >= 11 is 0. The summed E-state index contributed by atoms with van der Waals surface area (Å²) < 4.78 is 80.3. The van der Waals surface area contributed by atoms with Gasteiger partial charge in [-0.25, -0.2) is 17.5 Å². The summed E-state index contributed by atoms with van der Waals surface area (Å²) in [5.74, 6) is -0.595. The molecule has 0 aliphatic carbocycles. The van der Waals surface area contributed by atoms with Gasteiger partial charge in [-0.3, -0.25) is 0 Å². The van der Waals surface area contributed by atoms with Gasteiger partial charge in [0.05, 0.1) is 22.7 Å². The van der Waals surface area contributed by atoms with E-state index in [1.807, 2.05) is 4.72 Å². The van der Waals surface area contributed by atoms with Crippen molar-refractivity contribution in [2.24, 2.45) is 0 Å². The van der Waals surface area contributed by atoms with E-state index >= 15 is 0 Å². The van der Waals surface area contributed by atoms with Crippen molar-refractivity contribution >= 4 is 10.0 Å². The number of hydrogen-bond acceptors (Lipinski definition) is 5. The van der Waals surface area contributed by atoms with E-state index in [1.54, 1.807) is 0 Å². The van der Waals surface area contributed by atoms with Crippen LogP contribution in [0.2, 0.25) is 0 Å². The van der Waals surface area contributed by atoms with Crippen LogP contribution in [0.15, 0.2) is 53.4 Å². The Morgan fingerprint density at radius 3 is 2.52 bits per heavy atom. The van der Waals surface area contributed by atoms with Gasteiger partial charge in [-0.2, -0.15) is 17.9 Å². The van der Waals surface area contributed by atoms with E-state index in [0.29, 0.717) is 6.07 Å². The fourth-order valence-electron chi connectivity index (χ4n) is 2.30. The number of alkyl halides is 3. The molecular weight excluding hydrogens is 390 g/mol. The van der Waals surface area contributed by atoms with Gasteiger partial charge in [0.1, 0.15) is 5.82 Å². The Morgan fingerprint density at radius 1 is 1.07 bits per heavy atom. The Bertz CT molecular complexity index is 1070. The minimum Gasteiger partial charge on any atom is -0.207 e. The zero-order valence-electron chi connectivity index (χ0n) is 13.4. The molecule has 1 heterocycles. The molecule has 12 heteroatoms. The number of rotatable bonds is 5. The molecule has 27 heavy (non-hydrogen) atoms. The van der Waals surface area contributed by atoms with Crippen LogP contribution in [0.1, 0.15) is 11.4 Å². The summed E-state index contributed by atoms with van der Waals surface area (Å²) in [4.78, 5) is -0.915. The monoisotopic (exact) mass is 401 g/mol. The number of sulfonamides is 1. The van der Waals surface area contributed by atoms with Crippen LogP contribution in [-0.2, 0) is 22.7 Å². The molecule has 0 radical (unpaired) electrons. The molecule has 0 aliphatic rings. The number of hydrogen-bond donors (Lipinski definition) is 1. The minimum absolute atomic E-state index is 0.0336. The molecule has 1 N–H and O–H groups in total. The second kappa shape index (κ2) is 7.04. The van der Waals surface area contributed by atoms with Crippen molar-refractivity contribution < 1.29 is 26.0 Å². The van der Waals surface area contributed by atoms with Gasteiger partial charge < -0.3 is 0 Å². The van der Waals surface area contributed by atoms with Crippen LogP contribution < -0.4 is 4.72 Å². The van der Waals surface area contributed by atoms with Gasteiger partial charge in [-0.15, -0.1) is 5.10 Å². The van der Waals surface area contributed by atoms with Crippen molar-refractivity contribution in [2.45, 2.75) is 17.6 Å². The van der Waals surface area contributed by atoms with Crippen LogP contribution in [0.4, 0.5) is 17.6 Å². The maximum Gasteiger partial charge on any atom is 0.417 e. The van der Waals surface area contributed by atoms with Crippen molar-refractivity contribution in [3.8, 4) is 5.69 Å². The fourth-order valence-corrected chi connectivity index (χ4v) is 3.50. The van der Waals surface area contributed by atoms with Crippen LogP contribution >= 0.6 is 0 Å². The van der Waals surface area contributed by atoms with Crippen molar-refractivity contribution in [1.29, 1.82) is 0 Å². The van der Waals surface area contributed by atoms with Gasteiger partial charge >= 0.3 is 6.18 Å². The maximum absolute atomic E-state index is 13.3. The van der Waals surface area contributed by atoms with Crippen LogP contribution in [0.3, 0.4) is 0 Å². The second-order valence-corrected chi connectivity index (χ2v) is 7.04. The number of aromatic nitrogens is 4. The summed E-state index contributed by atoms with van der Waals surface area (Å²) in [5.41, 5.74) is -1.06. The fraction of sp³-hybridized carbons (Fsp3) is 0.133. The predicted molar refractivity (Wildman–Crippen MR) is 84.6 cm³/mol. The number of nitrogens with zero attached hydrogens (tertiary/aromatic N) is 4. The Balaban J connectivity index is 1.88. The molecule has 0 spiro atoms. The normalized spacial score (nSPS) is 12.3. The van der Waals surface area contributed by atoms with Gasteiger partial charge in [0.2, 0.25) is 10.0 Å². The summed E-state index contributed by atoms with van der Waals surface area (Å²) in [6, 6.07) is 8.99. The topological polar surface area (TPSA) is 89.8 Å². The largest absolute Gasteiger partial charge is 0.417 e. The SMILES string of the molecule is O=S(=O)(NCc1nnnn1-c1cccc(F)c1)c1ccccc1C(F)(F)F. The molecule has 0 amide bonds. The first-order valence-corrected chi connectivity index (χ1v) is 8.86. The smallest absolute Gasteiger partial charge is 0.207 e.